The summed E-state index contributed by atoms with van der Waals surface area (Å²) in [5, 5.41) is 14.4. The normalized spacial score (nSPS) is 11.8. The number of nitrogens with two attached hydrogens (primary N) is 1. The summed E-state index contributed by atoms with van der Waals surface area (Å²) < 4.78 is 33.7. The number of benzene rings is 3. The number of hydrogen-bond acceptors (Lipinski definition) is 6. The molecule has 1 amide bonds. The average Bonchev–Trinajstić information content (AvgIpc) is 3.33. The van der Waals surface area contributed by atoms with Crippen LogP contribution in [0.2, 0.25) is 0 Å². The van der Waals surface area contributed by atoms with E-state index in [9.17, 15) is 13.2 Å². The van der Waals surface area contributed by atoms with E-state index in [1.54, 1.807) is 93.6 Å². The van der Waals surface area contributed by atoms with Gasteiger partial charge in [0.1, 0.15) is 23.4 Å². The van der Waals surface area contributed by atoms with Crippen LogP contribution in [-0.4, -0.2) is 30.9 Å². The number of nitrogens with one attached hydrogen (secondary N) is 3. The van der Waals surface area contributed by atoms with Gasteiger partial charge in [-0.2, -0.15) is 0 Å². The van der Waals surface area contributed by atoms with Gasteiger partial charge in [0.25, 0.3) is 5.91 Å². The lowest BCUT2D eigenvalue weighted by molar-refractivity contribution is 0.102. The first-order valence-corrected chi connectivity index (χ1v) is 12.9. The number of nitrogens with zero attached hydrogens (tertiary/aromatic N) is 1. The molecule has 0 atom stereocenters. The Labute approximate surface area is 215 Å². The van der Waals surface area contributed by atoms with Gasteiger partial charge in [-0.15, -0.1) is 0 Å². The highest BCUT2D eigenvalue weighted by Crippen LogP contribution is 2.30. The molecule has 0 fully saturated rings. The van der Waals surface area contributed by atoms with Crippen LogP contribution in [0.3, 0.4) is 0 Å². The Bertz CT molecular complexity index is 1570. The van der Waals surface area contributed by atoms with Gasteiger partial charge in [0.05, 0.1) is 4.90 Å². The molecule has 0 spiro atoms. The van der Waals surface area contributed by atoms with Gasteiger partial charge >= 0.3 is 0 Å². The lowest BCUT2D eigenvalue weighted by Gasteiger charge is -2.21. The second kappa shape index (κ2) is 10.00. The number of rotatable bonds is 7. The zero-order valence-corrected chi connectivity index (χ0v) is 21.4. The lowest BCUT2D eigenvalue weighted by atomic mass is 10.0. The summed E-state index contributed by atoms with van der Waals surface area (Å²) in [7, 11) is -3.75. The first-order chi connectivity index (χ1) is 17.4. The third-order valence-corrected chi connectivity index (χ3v) is 7.15. The first-order valence-electron chi connectivity index (χ1n) is 11.4. The SMILES string of the molecule is CC(C)(C)NS(=O)(=O)c1ccccc1-c1ccc(NC(=O)c2conc2-c2cccc(C(=N)N)c2)cc1. The molecule has 0 radical (unpaired) electrons. The van der Waals surface area contributed by atoms with Crippen LogP contribution in [0.1, 0.15) is 36.7 Å². The van der Waals surface area contributed by atoms with Crippen LogP contribution in [0.25, 0.3) is 22.4 Å². The highest BCUT2D eigenvalue weighted by molar-refractivity contribution is 7.89. The van der Waals surface area contributed by atoms with Crippen molar-refractivity contribution in [2.75, 3.05) is 5.32 Å². The van der Waals surface area contributed by atoms with E-state index in [2.05, 4.69) is 15.2 Å². The van der Waals surface area contributed by atoms with Crippen LogP contribution >= 0.6 is 0 Å². The number of aromatic nitrogens is 1. The minimum atomic E-state index is -3.75. The molecule has 0 saturated heterocycles. The summed E-state index contributed by atoms with van der Waals surface area (Å²) >= 11 is 0. The number of carbonyl (C=O) groups excluding carboxylic acids is 1. The van der Waals surface area contributed by atoms with Crippen molar-refractivity contribution in [1.82, 2.24) is 9.88 Å². The Kier molecular flexibility index (Phi) is 6.97. The highest BCUT2D eigenvalue weighted by Gasteiger charge is 2.25. The number of anilines is 1. The minimum Gasteiger partial charge on any atom is -0.384 e. The fraction of sp³-hybridized carbons (Fsp3) is 0.148. The summed E-state index contributed by atoms with van der Waals surface area (Å²) in [5.74, 6) is -0.533. The van der Waals surface area contributed by atoms with Gasteiger partial charge in [0, 0.05) is 27.9 Å². The molecular weight excluding hydrogens is 490 g/mol. The van der Waals surface area contributed by atoms with Gasteiger partial charge < -0.3 is 15.6 Å². The Morgan fingerprint density at radius 2 is 1.68 bits per heavy atom. The number of amidine groups is 1. The van der Waals surface area contributed by atoms with Gasteiger partial charge in [0.15, 0.2) is 0 Å². The Morgan fingerprint density at radius 3 is 2.35 bits per heavy atom. The van der Waals surface area contributed by atoms with Crippen LogP contribution in [0.4, 0.5) is 5.69 Å². The molecule has 0 aliphatic rings. The molecule has 1 heterocycles. The molecule has 190 valence electrons. The van der Waals surface area contributed by atoms with Gasteiger partial charge in [-0.25, -0.2) is 13.1 Å². The van der Waals surface area contributed by atoms with E-state index in [4.69, 9.17) is 15.7 Å². The Balaban J connectivity index is 1.57. The third-order valence-electron chi connectivity index (χ3n) is 5.33. The van der Waals surface area contributed by atoms with Crippen LogP contribution < -0.4 is 15.8 Å². The summed E-state index contributed by atoms with van der Waals surface area (Å²) in [4.78, 5) is 13.2. The molecule has 37 heavy (non-hydrogen) atoms. The Morgan fingerprint density at radius 1 is 0.973 bits per heavy atom. The molecule has 0 aliphatic carbocycles. The lowest BCUT2D eigenvalue weighted by Crippen LogP contribution is -2.40. The fourth-order valence-electron chi connectivity index (χ4n) is 3.77. The summed E-state index contributed by atoms with van der Waals surface area (Å²) in [6.07, 6.45) is 1.25. The molecule has 3 aromatic carbocycles. The van der Waals surface area contributed by atoms with E-state index >= 15 is 0 Å². The number of sulfonamides is 1. The maximum Gasteiger partial charge on any atom is 0.261 e. The van der Waals surface area contributed by atoms with Crippen molar-refractivity contribution in [2.45, 2.75) is 31.2 Å². The van der Waals surface area contributed by atoms with Crippen molar-refractivity contribution in [3.8, 4) is 22.4 Å². The zero-order chi connectivity index (χ0) is 26.8. The molecule has 0 saturated carbocycles. The van der Waals surface area contributed by atoms with Crippen molar-refractivity contribution in [3.63, 3.8) is 0 Å². The predicted octanol–water partition coefficient (Wildman–Crippen LogP) is 4.62. The monoisotopic (exact) mass is 517 g/mol. The van der Waals surface area contributed by atoms with Crippen molar-refractivity contribution in [2.24, 2.45) is 5.73 Å². The smallest absolute Gasteiger partial charge is 0.261 e. The largest absolute Gasteiger partial charge is 0.384 e. The standard InChI is InChI=1S/C27H27N5O4S/c1-27(2,3)32-37(34,35)23-10-5-4-9-21(23)17-11-13-20(14-12-17)30-26(33)22-16-36-31-24(22)18-7-6-8-19(15-18)25(28)29/h4-16,32H,1-3H3,(H3,28,29)(H,30,33). The minimum absolute atomic E-state index is 0.0972. The van der Waals surface area contributed by atoms with Crippen LogP contribution in [0.5, 0.6) is 0 Å². The number of amides is 1. The zero-order valence-electron chi connectivity index (χ0n) is 20.6. The number of carbonyl (C=O) groups is 1. The van der Waals surface area contributed by atoms with E-state index in [-0.39, 0.29) is 16.3 Å². The highest BCUT2D eigenvalue weighted by atomic mass is 32.2. The second-order valence-electron chi connectivity index (χ2n) is 9.45. The van der Waals surface area contributed by atoms with Gasteiger partial charge in [-0.05, 0) is 50.6 Å². The fourth-order valence-corrected chi connectivity index (χ4v) is 5.42. The van der Waals surface area contributed by atoms with Crippen molar-refractivity contribution >= 4 is 27.5 Å². The van der Waals surface area contributed by atoms with E-state index < -0.39 is 21.5 Å². The molecule has 10 heteroatoms. The third kappa shape index (κ3) is 5.93. The summed E-state index contributed by atoms with van der Waals surface area (Å²) in [6, 6.07) is 20.4. The van der Waals surface area contributed by atoms with Gasteiger partial charge in [-0.3, -0.25) is 10.2 Å². The van der Waals surface area contributed by atoms with E-state index in [1.165, 1.54) is 6.26 Å². The van der Waals surface area contributed by atoms with E-state index in [0.717, 1.165) is 0 Å². The number of hydrogen-bond donors (Lipinski definition) is 4. The molecule has 9 nitrogen and oxygen atoms in total. The average molecular weight is 518 g/mol. The maximum absolute atomic E-state index is 13.0. The predicted molar refractivity (Wildman–Crippen MR) is 143 cm³/mol. The Hall–Kier alpha value is -4.28. The van der Waals surface area contributed by atoms with Crippen LogP contribution in [0, 0.1) is 5.41 Å². The maximum atomic E-state index is 13.0. The van der Waals surface area contributed by atoms with Gasteiger partial charge in [-0.1, -0.05) is 53.7 Å². The van der Waals surface area contributed by atoms with Crippen LogP contribution in [-0.2, 0) is 10.0 Å². The van der Waals surface area contributed by atoms with E-state index in [1.807, 2.05) is 0 Å². The molecule has 0 unspecified atom stereocenters. The molecule has 0 aliphatic heterocycles. The van der Waals surface area contributed by atoms with Crippen molar-refractivity contribution in [3.05, 3.63) is 90.2 Å². The molecule has 0 bridgehead atoms. The number of nitrogen functional groups attached to an aromatic ring is 1. The summed E-state index contributed by atoms with van der Waals surface area (Å²) in [6.45, 7) is 5.35. The quantitative estimate of drug-likeness (QED) is 0.207. The van der Waals surface area contributed by atoms with Crippen molar-refractivity contribution < 1.29 is 17.7 Å². The van der Waals surface area contributed by atoms with E-state index in [0.29, 0.717) is 33.6 Å². The van der Waals surface area contributed by atoms with Crippen LogP contribution in [0.15, 0.2) is 88.5 Å². The first kappa shape index (κ1) is 25.8. The molecular formula is C27H27N5O4S. The molecule has 1 aromatic heterocycles. The molecule has 5 N–H and O–H groups in total. The summed E-state index contributed by atoms with van der Waals surface area (Å²) in [5.41, 5.74) is 8.30. The molecule has 4 aromatic rings. The van der Waals surface area contributed by atoms with Gasteiger partial charge in [0.2, 0.25) is 10.0 Å². The molecule has 4 rings (SSSR count). The second-order valence-corrected chi connectivity index (χ2v) is 11.1. The topological polar surface area (TPSA) is 151 Å². The van der Waals surface area contributed by atoms with Crippen molar-refractivity contribution in [1.29, 1.82) is 5.41 Å².